The Balaban J connectivity index is 2.10. The Morgan fingerprint density at radius 2 is 1.57 bits per heavy atom. The molecule has 3 rings (SSSR count). The normalized spacial score (nSPS) is 23.7. The monoisotopic (exact) mass is 186 g/mol. The zero-order valence-electron chi connectivity index (χ0n) is 8.76. The lowest BCUT2D eigenvalue weighted by Crippen LogP contribution is -2.27. The summed E-state index contributed by atoms with van der Waals surface area (Å²) in [6, 6.07) is 9.16. The van der Waals surface area contributed by atoms with Crippen LogP contribution in [0.2, 0.25) is 0 Å². The first-order valence-electron chi connectivity index (χ1n) is 5.99. The molecule has 1 aromatic rings. The van der Waals surface area contributed by atoms with E-state index in [1.807, 2.05) is 0 Å². The third-order valence-electron chi connectivity index (χ3n) is 4.25. The van der Waals surface area contributed by atoms with Gasteiger partial charge in [-0.25, -0.2) is 0 Å². The Labute approximate surface area is 86.3 Å². The Hall–Kier alpha value is -0.780. The minimum absolute atomic E-state index is 0.606. The van der Waals surface area contributed by atoms with Gasteiger partial charge in [0.05, 0.1) is 0 Å². The number of hydrogen-bond acceptors (Lipinski definition) is 0. The molecule has 0 unspecified atom stereocenters. The lowest BCUT2D eigenvalue weighted by Gasteiger charge is -2.35. The largest absolute Gasteiger partial charge is 0.0620 e. The molecule has 0 heterocycles. The van der Waals surface area contributed by atoms with Gasteiger partial charge in [-0.1, -0.05) is 37.1 Å². The first kappa shape index (κ1) is 8.52. The van der Waals surface area contributed by atoms with Gasteiger partial charge in [0.15, 0.2) is 0 Å². The zero-order chi connectivity index (χ0) is 9.43. The van der Waals surface area contributed by atoms with E-state index in [4.69, 9.17) is 0 Å². The molecule has 0 heteroatoms. The van der Waals surface area contributed by atoms with Crippen molar-refractivity contribution in [3.63, 3.8) is 0 Å². The maximum Gasteiger partial charge on any atom is -0.00441 e. The average Bonchev–Trinajstić information content (AvgIpc) is 2.68. The minimum Gasteiger partial charge on any atom is -0.0620 e. The van der Waals surface area contributed by atoms with Gasteiger partial charge in [-0.3, -0.25) is 0 Å². The van der Waals surface area contributed by atoms with Crippen LogP contribution in [0, 0.1) is 0 Å². The van der Waals surface area contributed by atoms with Gasteiger partial charge in [0.1, 0.15) is 0 Å². The molecular weight excluding hydrogens is 168 g/mol. The molecule has 14 heavy (non-hydrogen) atoms. The number of benzene rings is 1. The lowest BCUT2D eigenvalue weighted by molar-refractivity contribution is 0.369. The van der Waals surface area contributed by atoms with E-state index in [-0.39, 0.29) is 0 Å². The van der Waals surface area contributed by atoms with Crippen molar-refractivity contribution in [1.29, 1.82) is 0 Å². The maximum atomic E-state index is 2.39. The fourth-order valence-electron chi connectivity index (χ4n) is 3.58. The van der Waals surface area contributed by atoms with Crippen LogP contribution in [0.5, 0.6) is 0 Å². The molecule has 0 amide bonds. The van der Waals surface area contributed by atoms with Crippen molar-refractivity contribution in [2.45, 2.75) is 50.4 Å². The summed E-state index contributed by atoms with van der Waals surface area (Å²) in [5.74, 6) is 0. The molecule has 0 bridgehead atoms. The van der Waals surface area contributed by atoms with Gasteiger partial charge in [0.2, 0.25) is 0 Å². The van der Waals surface area contributed by atoms with Crippen LogP contribution in [-0.2, 0) is 11.8 Å². The average molecular weight is 186 g/mol. The molecule has 1 fully saturated rings. The van der Waals surface area contributed by atoms with Crippen molar-refractivity contribution in [2.24, 2.45) is 0 Å². The second-order valence-corrected chi connectivity index (χ2v) is 5.00. The summed E-state index contributed by atoms with van der Waals surface area (Å²) in [4.78, 5) is 0. The molecular formula is C14H18. The maximum absolute atomic E-state index is 2.39. The lowest BCUT2D eigenvalue weighted by atomic mass is 9.69. The van der Waals surface area contributed by atoms with Crippen molar-refractivity contribution < 1.29 is 0 Å². The van der Waals surface area contributed by atoms with Gasteiger partial charge in [0, 0.05) is 0 Å². The van der Waals surface area contributed by atoms with Gasteiger partial charge in [-0.2, -0.15) is 0 Å². The summed E-state index contributed by atoms with van der Waals surface area (Å²) in [5.41, 5.74) is 3.94. The van der Waals surface area contributed by atoms with Crippen LogP contribution in [0.15, 0.2) is 24.3 Å². The Morgan fingerprint density at radius 1 is 0.857 bits per heavy atom. The van der Waals surface area contributed by atoms with Gasteiger partial charge >= 0.3 is 0 Å². The quantitative estimate of drug-likeness (QED) is 0.577. The van der Waals surface area contributed by atoms with E-state index in [0.29, 0.717) is 5.41 Å². The Morgan fingerprint density at radius 3 is 2.43 bits per heavy atom. The highest BCUT2D eigenvalue weighted by Gasteiger charge is 2.38. The number of aryl methyl sites for hydroxylation is 1. The standard InChI is InChI=1S/C14H18/c1-2-8-13-12(6-1)7-5-11-14(13)9-3-4-10-14/h1-2,6,8H,3-5,7,9-11H2. The molecule has 74 valence electrons. The fourth-order valence-corrected chi connectivity index (χ4v) is 3.58. The van der Waals surface area contributed by atoms with E-state index in [2.05, 4.69) is 24.3 Å². The van der Waals surface area contributed by atoms with E-state index in [0.717, 1.165) is 0 Å². The van der Waals surface area contributed by atoms with Gasteiger partial charge in [-0.05, 0) is 48.6 Å². The van der Waals surface area contributed by atoms with E-state index in [1.54, 1.807) is 11.1 Å². The number of hydrogen-bond donors (Lipinski definition) is 0. The summed E-state index contributed by atoms with van der Waals surface area (Å²) >= 11 is 0. The molecule has 1 saturated carbocycles. The van der Waals surface area contributed by atoms with Crippen molar-refractivity contribution in [1.82, 2.24) is 0 Å². The van der Waals surface area contributed by atoms with E-state index >= 15 is 0 Å². The predicted molar refractivity (Wildman–Crippen MR) is 59.5 cm³/mol. The molecule has 1 aromatic carbocycles. The Bertz CT molecular complexity index is 332. The number of rotatable bonds is 0. The van der Waals surface area contributed by atoms with E-state index in [1.165, 1.54) is 44.9 Å². The summed E-state index contributed by atoms with van der Waals surface area (Å²) in [5, 5.41) is 0. The van der Waals surface area contributed by atoms with Crippen molar-refractivity contribution >= 4 is 0 Å². The third kappa shape index (κ3) is 1.13. The second kappa shape index (κ2) is 3.12. The Kier molecular flexibility index (Phi) is 1.90. The highest BCUT2D eigenvalue weighted by atomic mass is 14.4. The molecule has 0 atom stereocenters. The summed E-state index contributed by atoms with van der Waals surface area (Å²) in [7, 11) is 0. The van der Waals surface area contributed by atoms with E-state index in [9.17, 15) is 0 Å². The highest BCUT2D eigenvalue weighted by Crippen LogP contribution is 2.48. The molecule has 0 saturated heterocycles. The molecule has 2 aliphatic carbocycles. The van der Waals surface area contributed by atoms with Crippen molar-refractivity contribution in [3.05, 3.63) is 35.4 Å². The van der Waals surface area contributed by atoms with Crippen molar-refractivity contribution in [2.75, 3.05) is 0 Å². The number of fused-ring (bicyclic) bond motifs is 2. The van der Waals surface area contributed by atoms with Crippen molar-refractivity contribution in [3.8, 4) is 0 Å². The first-order valence-corrected chi connectivity index (χ1v) is 5.99. The highest BCUT2D eigenvalue weighted by molar-refractivity contribution is 5.37. The molecule has 1 spiro atoms. The molecule has 2 aliphatic rings. The van der Waals surface area contributed by atoms with Gasteiger partial charge in [0.25, 0.3) is 0 Å². The van der Waals surface area contributed by atoms with Crippen LogP contribution in [0.3, 0.4) is 0 Å². The van der Waals surface area contributed by atoms with Crippen LogP contribution in [-0.4, -0.2) is 0 Å². The SMILES string of the molecule is c1ccc2c(c1)CCCC21CCCC1. The van der Waals surface area contributed by atoms with Gasteiger partial charge < -0.3 is 0 Å². The van der Waals surface area contributed by atoms with Gasteiger partial charge in [-0.15, -0.1) is 0 Å². The smallest absolute Gasteiger partial charge is 0.00441 e. The summed E-state index contributed by atoms with van der Waals surface area (Å²) < 4.78 is 0. The third-order valence-corrected chi connectivity index (χ3v) is 4.25. The van der Waals surface area contributed by atoms with E-state index < -0.39 is 0 Å². The van der Waals surface area contributed by atoms with Crippen LogP contribution >= 0.6 is 0 Å². The summed E-state index contributed by atoms with van der Waals surface area (Å²) in [6.45, 7) is 0. The minimum atomic E-state index is 0.606. The fraction of sp³-hybridized carbons (Fsp3) is 0.571. The predicted octanol–water partition coefficient (Wildman–Crippen LogP) is 3.83. The molecule has 0 radical (unpaired) electrons. The molecule has 0 aliphatic heterocycles. The topological polar surface area (TPSA) is 0 Å². The van der Waals surface area contributed by atoms with Crippen LogP contribution in [0.1, 0.15) is 49.7 Å². The zero-order valence-corrected chi connectivity index (χ0v) is 8.76. The van der Waals surface area contributed by atoms with Crippen LogP contribution < -0.4 is 0 Å². The molecule has 0 N–H and O–H groups in total. The molecule has 0 nitrogen and oxygen atoms in total. The summed E-state index contributed by atoms with van der Waals surface area (Å²) in [6.07, 6.45) is 9.98. The molecule has 0 aromatic heterocycles. The van der Waals surface area contributed by atoms with Crippen LogP contribution in [0.4, 0.5) is 0 Å². The second-order valence-electron chi connectivity index (χ2n) is 5.00. The first-order chi connectivity index (χ1) is 6.91. The van der Waals surface area contributed by atoms with Crippen LogP contribution in [0.25, 0.3) is 0 Å².